The molecule has 14 heteroatoms. The first-order valence-corrected chi connectivity index (χ1v) is 13.8. The van der Waals surface area contributed by atoms with Crippen molar-refractivity contribution in [2.45, 2.75) is 32.4 Å². The Hall–Kier alpha value is -4.56. The van der Waals surface area contributed by atoms with Gasteiger partial charge in [0, 0.05) is 29.9 Å². The number of hydrogen-bond acceptors (Lipinski definition) is 10. The largest absolute Gasteiger partial charge is 0.493 e. The van der Waals surface area contributed by atoms with Crippen molar-refractivity contribution >= 4 is 40.3 Å². The van der Waals surface area contributed by atoms with Crippen LogP contribution in [0.5, 0.6) is 5.75 Å². The molecule has 3 aromatic rings. The molecule has 1 atom stereocenters. The predicted molar refractivity (Wildman–Crippen MR) is 152 cm³/mol. The topological polar surface area (TPSA) is 187 Å². The molecule has 0 fully saturated rings. The van der Waals surface area contributed by atoms with Crippen molar-refractivity contribution in [3.8, 4) is 5.75 Å². The van der Waals surface area contributed by atoms with E-state index in [1.54, 1.807) is 31.5 Å². The number of aromatic nitrogens is 2. The number of carbonyl (C=O) groups is 4. The van der Waals surface area contributed by atoms with Crippen LogP contribution in [-0.2, 0) is 20.9 Å². The second-order valence-corrected chi connectivity index (χ2v) is 9.40. The first kappa shape index (κ1) is 31.0. The standard InChI is InChI=1S/C27H33N7O6S/c1-2-39-24(36)13-20(18-8-5-11-29-14-18)32-23(35)16-30-25(37)21-17-41-27(33-21)34-26(38)31-15-19-7-3-4-9-22(19)40-12-6-10-28/h3-5,7-9,11,14,17,20H,2,6,10,12-13,15-16,28H2,1H3,(H,30,37)(H,32,35)(H2,31,33,34,38)/t20-/m1/s1. The summed E-state index contributed by atoms with van der Waals surface area (Å²) in [7, 11) is 0. The fraction of sp³-hybridized carbons (Fsp3) is 0.333. The van der Waals surface area contributed by atoms with Crippen molar-refractivity contribution in [2.24, 2.45) is 5.73 Å². The third-order valence-corrected chi connectivity index (χ3v) is 6.24. The molecule has 6 N–H and O–H groups in total. The van der Waals surface area contributed by atoms with Gasteiger partial charge in [-0.15, -0.1) is 11.3 Å². The van der Waals surface area contributed by atoms with E-state index in [9.17, 15) is 19.2 Å². The van der Waals surface area contributed by atoms with E-state index in [-0.39, 0.29) is 36.9 Å². The van der Waals surface area contributed by atoms with Crippen molar-refractivity contribution in [1.29, 1.82) is 0 Å². The summed E-state index contributed by atoms with van der Waals surface area (Å²) in [6.45, 7) is 2.77. The number of nitrogens with zero attached hydrogens (tertiary/aromatic N) is 2. The summed E-state index contributed by atoms with van der Waals surface area (Å²) < 4.78 is 10.7. The van der Waals surface area contributed by atoms with Crippen LogP contribution >= 0.6 is 11.3 Å². The Bertz CT molecular complexity index is 1300. The maximum absolute atomic E-state index is 12.5. The zero-order valence-electron chi connectivity index (χ0n) is 22.6. The number of pyridine rings is 1. The van der Waals surface area contributed by atoms with Crippen LogP contribution in [0.15, 0.2) is 54.2 Å². The molecule has 3 rings (SSSR count). The molecule has 4 amide bonds. The molecule has 0 saturated carbocycles. The molecule has 2 aromatic heterocycles. The Morgan fingerprint density at radius 2 is 1.93 bits per heavy atom. The molecule has 0 aliphatic rings. The maximum Gasteiger partial charge on any atom is 0.321 e. The van der Waals surface area contributed by atoms with Gasteiger partial charge < -0.3 is 31.2 Å². The lowest BCUT2D eigenvalue weighted by atomic mass is 10.1. The van der Waals surface area contributed by atoms with Gasteiger partial charge in [0.1, 0.15) is 11.4 Å². The second kappa shape index (κ2) is 16.5. The van der Waals surface area contributed by atoms with Crippen molar-refractivity contribution in [1.82, 2.24) is 25.9 Å². The molecule has 1 aromatic carbocycles. The summed E-state index contributed by atoms with van der Waals surface area (Å²) in [6, 6.07) is 9.58. The highest BCUT2D eigenvalue weighted by Gasteiger charge is 2.20. The van der Waals surface area contributed by atoms with Crippen LogP contribution in [0.3, 0.4) is 0 Å². The lowest BCUT2D eigenvalue weighted by Gasteiger charge is -2.18. The lowest BCUT2D eigenvalue weighted by Crippen LogP contribution is -2.39. The zero-order chi connectivity index (χ0) is 29.5. The Balaban J connectivity index is 1.47. The van der Waals surface area contributed by atoms with Gasteiger partial charge in [0.2, 0.25) is 5.91 Å². The van der Waals surface area contributed by atoms with Gasteiger partial charge in [0.15, 0.2) is 5.13 Å². The molecule has 0 spiro atoms. The highest BCUT2D eigenvalue weighted by Crippen LogP contribution is 2.19. The number of rotatable bonds is 15. The van der Waals surface area contributed by atoms with Gasteiger partial charge in [-0.3, -0.25) is 24.7 Å². The number of para-hydroxylation sites is 1. The zero-order valence-corrected chi connectivity index (χ0v) is 23.4. The van der Waals surface area contributed by atoms with E-state index in [1.165, 1.54) is 5.38 Å². The molecular weight excluding hydrogens is 550 g/mol. The number of carbonyl (C=O) groups excluding carboxylic acids is 4. The average molecular weight is 584 g/mol. The molecule has 0 aliphatic carbocycles. The van der Waals surface area contributed by atoms with Crippen LogP contribution in [0.1, 0.15) is 47.4 Å². The van der Waals surface area contributed by atoms with E-state index in [4.69, 9.17) is 15.2 Å². The molecule has 0 radical (unpaired) electrons. The summed E-state index contributed by atoms with van der Waals surface area (Å²) in [4.78, 5) is 57.6. The normalized spacial score (nSPS) is 11.2. The summed E-state index contributed by atoms with van der Waals surface area (Å²) in [5.74, 6) is -0.933. The van der Waals surface area contributed by atoms with Crippen molar-refractivity contribution in [3.05, 3.63) is 71.0 Å². The third-order valence-electron chi connectivity index (χ3n) is 5.48. The maximum atomic E-state index is 12.5. The predicted octanol–water partition coefficient (Wildman–Crippen LogP) is 2.13. The monoisotopic (exact) mass is 583 g/mol. The minimum absolute atomic E-state index is 0.0343. The second-order valence-electron chi connectivity index (χ2n) is 8.54. The quantitative estimate of drug-likeness (QED) is 0.132. The number of nitrogens with one attached hydrogen (secondary N) is 4. The summed E-state index contributed by atoms with van der Waals surface area (Å²) in [6.07, 6.45) is 3.75. The van der Waals surface area contributed by atoms with Gasteiger partial charge in [-0.1, -0.05) is 24.3 Å². The van der Waals surface area contributed by atoms with Gasteiger partial charge in [-0.05, 0) is 37.6 Å². The number of benzene rings is 1. The van der Waals surface area contributed by atoms with Crippen molar-refractivity contribution in [2.75, 3.05) is 31.6 Å². The fourth-order valence-electron chi connectivity index (χ4n) is 3.53. The summed E-state index contributed by atoms with van der Waals surface area (Å²) >= 11 is 1.06. The highest BCUT2D eigenvalue weighted by molar-refractivity contribution is 7.14. The molecular formula is C27H33N7O6S. The number of urea groups is 1. The third kappa shape index (κ3) is 10.5. The minimum Gasteiger partial charge on any atom is -0.493 e. The Morgan fingerprint density at radius 1 is 1.10 bits per heavy atom. The minimum atomic E-state index is -0.676. The Kier molecular flexibility index (Phi) is 12.5. The van der Waals surface area contributed by atoms with E-state index < -0.39 is 29.9 Å². The van der Waals surface area contributed by atoms with Crippen LogP contribution in [0.25, 0.3) is 0 Å². The fourth-order valence-corrected chi connectivity index (χ4v) is 4.21. The number of thiazole rings is 1. The molecule has 41 heavy (non-hydrogen) atoms. The van der Waals surface area contributed by atoms with Crippen LogP contribution in [0.4, 0.5) is 9.93 Å². The number of esters is 1. The molecule has 0 saturated heterocycles. The molecule has 0 unspecified atom stereocenters. The average Bonchev–Trinajstić information content (AvgIpc) is 3.44. The number of amides is 4. The Labute approximate surface area is 241 Å². The summed E-state index contributed by atoms with van der Waals surface area (Å²) in [5, 5.41) is 12.2. The lowest BCUT2D eigenvalue weighted by molar-refractivity contribution is -0.143. The van der Waals surface area contributed by atoms with Crippen molar-refractivity contribution in [3.63, 3.8) is 0 Å². The van der Waals surface area contributed by atoms with Crippen molar-refractivity contribution < 1.29 is 28.7 Å². The molecule has 0 aliphatic heterocycles. The number of anilines is 1. The van der Waals surface area contributed by atoms with Gasteiger partial charge in [0.05, 0.1) is 32.2 Å². The smallest absolute Gasteiger partial charge is 0.321 e. The van der Waals surface area contributed by atoms with Crippen LogP contribution in [0.2, 0.25) is 0 Å². The van der Waals surface area contributed by atoms with E-state index >= 15 is 0 Å². The molecule has 2 heterocycles. The van der Waals surface area contributed by atoms with Crippen LogP contribution in [0, 0.1) is 0 Å². The number of ether oxygens (including phenoxy) is 2. The van der Waals surface area contributed by atoms with Gasteiger partial charge in [-0.2, -0.15) is 0 Å². The van der Waals surface area contributed by atoms with Gasteiger partial charge in [0.25, 0.3) is 5.91 Å². The molecule has 0 bridgehead atoms. The van der Waals surface area contributed by atoms with Gasteiger partial charge in [-0.25, -0.2) is 9.78 Å². The summed E-state index contributed by atoms with van der Waals surface area (Å²) in [5.41, 5.74) is 6.96. The number of hydrogen-bond donors (Lipinski definition) is 5. The SMILES string of the molecule is CCOC(=O)C[C@@H](NC(=O)CNC(=O)c1csc(NC(=O)NCc2ccccc2OCCCN)n1)c1cccnc1. The van der Waals surface area contributed by atoms with Gasteiger partial charge >= 0.3 is 12.0 Å². The Morgan fingerprint density at radius 3 is 2.68 bits per heavy atom. The van der Waals surface area contributed by atoms with Crippen LogP contribution < -0.4 is 31.7 Å². The first-order valence-electron chi connectivity index (χ1n) is 12.9. The molecule has 218 valence electrons. The van der Waals surface area contributed by atoms with Crippen LogP contribution in [-0.4, -0.2) is 60.1 Å². The van der Waals surface area contributed by atoms with E-state index in [0.29, 0.717) is 30.9 Å². The first-order chi connectivity index (χ1) is 19.9. The molecule has 13 nitrogen and oxygen atoms in total. The highest BCUT2D eigenvalue weighted by atomic mass is 32.1. The van der Waals surface area contributed by atoms with E-state index in [2.05, 4.69) is 31.2 Å². The number of nitrogens with two attached hydrogens (primary N) is 1. The van der Waals surface area contributed by atoms with E-state index in [0.717, 1.165) is 16.9 Å². The van der Waals surface area contributed by atoms with E-state index in [1.807, 2.05) is 24.3 Å².